The SMILES string of the molecule is CC(C)C(=O)N1CCC(C(=O)NCCc2c[nH]c(=O)n(C)c2=O)CC1. The van der Waals surface area contributed by atoms with Gasteiger partial charge in [0.15, 0.2) is 0 Å². The summed E-state index contributed by atoms with van der Waals surface area (Å²) in [6, 6.07) is 0. The van der Waals surface area contributed by atoms with Crippen LogP contribution < -0.4 is 16.6 Å². The van der Waals surface area contributed by atoms with Crippen molar-refractivity contribution in [3.05, 3.63) is 32.6 Å². The number of carbonyl (C=O) groups is 2. The number of H-pyrrole nitrogens is 1. The molecule has 8 heteroatoms. The highest BCUT2D eigenvalue weighted by Crippen LogP contribution is 2.18. The maximum atomic E-state index is 12.2. The minimum Gasteiger partial charge on any atom is -0.356 e. The number of nitrogens with zero attached hydrogens (tertiary/aromatic N) is 2. The van der Waals surface area contributed by atoms with Crippen LogP contribution in [0.2, 0.25) is 0 Å². The number of hydrogen-bond donors (Lipinski definition) is 2. The molecule has 1 aliphatic rings. The summed E-state index contributed by atoms with van der Waals surface area (Å²) in [7, 11) is 1.41. The van der Waals surface area contributed by atoms with Gasteiger partial charge in [0, 0.05) is 50.3 Å². The molecule has 0 spiro atoms. The van der Waals surface area contributed by atoms with Crippen LogP contribution in [-0.2, 0) is 23.1 Å². The second-order valence-corrected chi connectivity index (χ2v) is 6.78. The predicted octanol–water partition coefficient (Wildman–Crippen LogP) is -0.373. The van der Waals surface area contributed by atoms with E-state index in [1.54, 1.807) is 0 Å². The number of amides is 2. The van der Waals surface area contributed by atoms with Gasteiger partial charge in [0.05, 0.1) is 0 Å². The molecule has 1 saturated heterocycles. The van der Waals surface area contributed by atoms with E-state index in [0.717, 1.165) is 4.57 Å². The third-order valence-electron chi connectivity index (χ3n) is 4.62. The normalized spacial score (nSPS) is 15.4. The van der Waals surface area contributed by atoms with E-state index in [9.17, 15) is 19.2 Å². The molecule has 2 N–H and O–H groups in total. The van der Waals surface area contributed by atoms with E-state index in [-0.39, 0.29) is 29.2 Å². The Bertz CT molecular complexity index is 742. The van der Waals surface area contributed by atoms with Crippen molar-refractivity contribution in [1.29, 1.82) is 0 Å². The molecule has 0 saturated carbocycles. The summed E-state index contributed by atoms with van der Waals surface area (Å²) in [6.07, 6.45) is 3.07. The number of hydrogen-bond acceptors (Lipinski definition) is 4. The van der Waals surface area contributed by atoms with E-state index in [1.807, 2.05) is 18.7 Å². The van der Waals surface area contributed by atoms with Crippen molar-refractivity contribution in [3.63, 3.8) is 0 Å². The van der Waals surface area contributed by atoms with Crippen molar-refractivity contribution in [1.82, 2.24) is 19.8 Å². The van der Waals surface area contributed by atoms with Gasteiger partial charge in [-0.25, -0.2) is 4.79 Å². The first-order valence-electron chi connectivity index (χ1n) is 8.65. The van der Waals surface area contributed by atoms with Gasteiger partial charge in [-0.15, -0.1) is 0 Å². The van der Waals surface area contributed by atoms with Gasteiger partial charge in [0.1, 0.15) is 0 Å². The van der Waals surface area contributed by atoms with Gasteiger partial charge >= 0.3 is 5.69 Å². The minimum atomic E-state index is -0.458. The third kappa shape index (κ3) is 4.58. The van der Waals surface area contributed by atoms with E-state index in [1.165, 1.54) is 13.2 Å². The van der Waals surface area contributed by atoms with Gasteiger partial charge in [-0.3, -0.25) is 19.0 Å². The van der Waals surface area contributed by atoms with Crippen molar-refractivity contribution < 1.29 is 9.59 Å². The largest absolute Gasteiger partial charge is 0.356 e. The maximum absolute atomic E-state index is 12.2. The lowest BCUT2D eigenvalue weighted by molar-refractivity contribution is -0.138. The Morgan fingerprint density at radius 1 is 1.28 bits per heavy atom. The van der Waals surface area contributed by atoms with Gasteiger partial charge in [0.25, 0.3) is 5.56 Å². The Kier molecular flexibility index (Phi) is 6.17. The summed E-state index contributed by atoms with van der Waals surface area (Å²) in [6.45, 7) is 5.31. The molecule has 0 atom stereocenters. The van der Waals surface area contributed by atoms with Crippen molar-refractivity contribution >= 4 is 11.8 Å². The number of rotatable bonds is 5. The first-order chi connectivity index (χ1) is 11.8. The van der Waals surface area contributed by atoms with Gasteiger partial charge in [0.2, 0.25) is 11.8 Å². The maximum Gasteiger partial charge on any atom is 0.328 e. The van der Waals surface area contributed by atoms with Crippen LogP contribution in [0.25, 0.3) is 0 Å². The molecular formula is C17H26N4O4. The summed E-state index contributed by atoms with van der Waals surface area (Å²) in [5, 5.41) is 2.85. The summed E-state index contributed by atoms with van der Waals surface area (Å²) < 4.78 is 1.01. The Labute approximate surface area is 146 Å². The monoisotopic (exact) mass is 350 g/mol. The van der Waals surface area contributed by atoms with Gasteiger partial charge in [-0.1, -0.05) is 13.8 Å². The highest BCUT2D eigenvalue weighted by Gasteiger charge is 2.27. The lowest BCUT2D eigenvalue weighted by atomic mass is 9.95. The van der Waals surface area contributed by atoms with E-state index in [0.29, 0.717) is 44.5 Å². The van der Waals surface area contributed by atoms with Crippen LogP contribution in [0.5, 0.6) is 0 Å². The number of aromatic amines is 1. The summed E-state index contributed by atoms with van der Waals surface area (Å²) >= 11 is 0. The molecule has 2 rings (SSSR count). The van der Waals surface area contributed by atoms with Crippen LogP contribution in [0.1, 0.15) is 32.3 Å². The molecule has 1 aromatic heterocycles. The standard InChI is InChI=1S/C17H26N4O4/c1-11(2)15(23)21-8-5-12(6-9-21)14(22)18-7-4-13-10-19-17(25)20(3)16(13)24/h10-12H,4-9H2,1-3H3,(H,18,22)(H,19,25). The molecule has 0 aromatic carbocycles. The van der Waals surface area contributed by atoms with Crippen LogP contribution in [0, 0.1) is 11.8 Å². The third-order valence-corrected chi connectivity index (χ3v) is 4.62. The smallest absolute Gasteiger partial charge is 0.328 e. The Hall–Kier alpha value is -2.38. The molecule has 138 valence electrons. The molecule has 2 heterocycles. The number of carbonyl (C=O) groups excluding carboxylic acids is 2. The number of aromatic nitrogens is 2. The first kappa shape index (κ1) is 19.0. The van der Waals surface area contributed by atoms with Crippen LogP contribution in [0.4, 0.5) is 0 Å². The zero-order valence-corrected chi connectivity index (χ0v) is 15.0. The van der Waals surface area contributed by atoms with Crippen LogP contribution in [0.3, 0.4) is 0 Å². The summed E-state index contributed by atoms with van der Waals surface area (Å²) in [5.74, 6) is -0.0365. The minimum absolute atomic E-state index is 0.0229. The molecule has 1 fully saturated rings. The molecule has 0 bridgehead atoms. The van der Waals surface area contributed by atoms with Gasteiger partial charge in [-0.05, 0) is 19.3 Å². The predicted molar refractivity (Wildman–Crippen MR) is 93.2 cm³/mol. The fourth-order valence-electron chi connectivity index (χ4n) is 2.99. The Balaban J connectivity index is 1.80. The molecule has 0 radical (unpaired) electrons. The average molecular weight is 350 g/mol. The molecule has 1 aromatic rings. The Morgan fingerprint density at radius 3 is 2.52 bits per heavy atom. The van der Waals surface area contributed by atoms with Crippen molar-refractivity contribution in [3.8, 4) is 0 Å². The summed E-state index contributed by atoms with van der Waals surface area (Å²) in [5.41, 5.74) is -0.348. The van der Waals surface area contributed by atoms with Crippen molar-refractivity contribution in [2.24, 2.45) is 18.9 Å². The van der Waals surface area contributed by atoms with Crippen LogP contribution in [-0.4, -0.2) is 45.9 Å². The molecule has 0 unspecified atom stereocenters. The Morgan fingerprint density at radius 2 is 1.92 bits per heavy atom. The number of nitrogens with one attached hydrogen (secondary N) is 2. The molecule has 0 aliphatic carbocycles. The lowest BCUT2D eigenvalue weighted by Crippen LogP contribution is -2.44. The fourth-order valence-corrected chi connectivity index (χ4v) is 2.99. The molecule has 2 amide bonds. The molecule has 25 heavy (non-hydrogen) atoms. The second kappa shape index (κ2) is 8.13. The fraction of sp³-hybridized carbons (Fsp3) is 0.647. The highest BCUT2D eigenvalue weighted by molar-refractivity contribution is 5.80. The van der Waals surface area contributed by atoms with E-state index in [4.69, 9.17) is 0 Å². The second-order valence-electron chi connectivity index (χ2n) is 6.78. The van der Waals surface area contributed by atoms with E-state index >= 15 is 0 Å². The number of likely N-dealkylation sites (tertiary alicyclic amines) is 1. The topological polar surface area (TPSA) is 104 Å². The van der Waals surface area contributed by atoms with Crippen molar-refractivity contribution in [2.75, 3.05) is 19.6 Å². The van der Waals surface area contributed by atoms with Gasteiger partial charge < -0.3 is 15.2 Å². The number of piperidine rings is 1. The first-order valence-corrected chi connectivity index (χ1v) is 8.65. The summed E-state index contributed by atoms with van der Waals surface area (Å²) in [4.78, 5) is 51.7. The van der Waals surface area contributed by atoms with Crippen LogP contribution in [0.15, 0.2) is 15.8 Å². The molecule has 1 aliphatic heterocycles. The van der Waals surface area contributed by atoms with Gasteiger partial charge in [-0.2, -0.15) is 0 Å². The van der Waals surface area contributed by atoms with E-state index in [2.05, 4.69) is 10.3 Å². The average Bonchev–Trinajstić information content (AvgIpc) is 2.61. The quantitative estimate of drug-likeness (QED) is 0.756. The van der Waals surface area contributed by atoms with Crippen molar-refractivity contribution in [2.45, 2.75) is 33.1 Å². The molecule has 8 nitrogen and oxygen atoms in total. The van der Waals surface area contributed by atoms with Crippen LogP contribution >= 0.6 is 0 Å². The zero-order chi connectivity index (χ0) is 18.6. The lowest BCUT2D eigenvalue weighted by Gasteiger charge is -2.32. The molecular weight excluding hydrogens is 324 g/mol. The highest BCUT2D eigenvalue weighted by atomic mass is 16.2. The van der Waals surface area contributed by atoms with E-state index < -0.39 is 5.69 Å². The zero-order valence-electron chi connectivity index (χ0n) is 15.0.